The molecule has 3 aliphatic heterocycles. The molecule has 0 atom stereocenters. The summed E-state index contributed by atoms with van der Waals surface area (Å²) in [6.45, 7) is 12.9. The van der Waals surface area contributed by atoms with Crippen LogP contribution in [0.2, 0.25) is 5.02 Å². The van der Waals surface area contributed by atoms with Crippen molar-refractivity contribution < 1.29 is 23.5 Å². The molecule has 13 nitrogen and oxygen atoms in total. The Morgan fingerprint density at radius 2 is 1.73 bits per heavy atom. The van der Waals surface area contributed by atoms with Gasteiger partial charge >= 0.3 is 6.03 Å². The predicted molar refractivity (Wildman–Crippen MR) is 236 cm³/mol. The summed E-state index contributed by atoms with van der Waals surface area (Å²) in [6.07, 6.45) is 7.19. The largest absolute Gasteiger partial charge is 0.488 e. The van der Waals surface area contributed by atoms with Crippen LogP contribution in [-0.4, -0.2) is 88.9 Å². The number of rotatable bonds is 9. The molecule has 15 heteroatoms. The molecule has 3 aromatic carbocycles. The number of nitrogens with zero attached hydrogens (tertiary/aromatic N) is 7. The molecule has 5 heterocycles. The molecule has 0 bridgehead atoms. The molecule has 62 heavy (non-hydrogen) atoms. The monoisotopic (exact) mass is 859 g/mol. The Morgan fingerprint density at radius 1 is 0.968 bits per heavy atom. The highest BCUT2D eigenvalue weighted by Crippen LogP contribution is 2.56. The van der Waals surface area contributed by atoms with Gasteiger partial charge in [0, 0.05) is 90.1 Å². The summed E-state index contributed by atoms with van der Waals surface area (Å²) in [6, 6.07) is 17.4. The van der Waals surface area contributed by atoms with E-state index in [1.807, 2.05) is 28.9 Å². The summed E-state index contributed by atoms with van der Waals surface area (Å²) in [5.74, 6) is 0.132. The summed E-state index contributed by atoms with van der Waals surface area (Å²) < 4.78 is 24.5. The van der Waals surface area contributed by atoms with E-state index in [0.717, 1.165) is 74.7 Å². The van der Waals surface area contributed by atoms with Crippen LogP contribution in [0, 0.1) is 33.9 Å². The average molecular weight is 860 g/mol. The molecule has 3 saturated heterocycles. The zero-order valence-corrected chi connectivity index (χ0v) is 36.2. The lowest BCUT2D eigenvalue weighted by Crippen LogP contribution is -2.74. The Hall–Kier alpha value is -5.78. The van der Waals surface area contributed by atoms with Gasteiger partial charge in [0.05, 0.1) is 40.2 Å². The van der Waals surface area contributed by atoms with Gasteiger partial charge in [-0.3, -0.25) is 29.5 Å². The summed E-state index contributed by atoms with van der Waals surface area (Å²) in [5.41, 5.74) is 2.50. The molecule has 2 N–H and O–H groups in total. The first kappa shape index (κ1) is 41.6. The Kier molecular flexibility index (Phi) is 10.8. The Bertz CT molecular complexity index is 2610. The number of carbonyl (C=O) groups excluding carboxylic acids is 3. The number of aromatic nitrogens is 3. The third kappa shape index (κ3) is 7.49. The lowest BCUT2D eigenvalue weighted by molar-refractivity contribution is -0.163. The number of nitrogens with one attached hydrogen (secondary N) is 2. The summed E-state index contributed by atoms with van der Waals surface area (Å²) in [7, 11) is 0. The van der Waals surface area contributed by atoms with Crippen LogP contribution in [0.4, 0.5) is 20.6 Å². The third-order valence-corrected chi connectivity index (χ3v) is 14.0. The number of hydrogen-bond acceptors (Lipinski definition) is 9. The highest BCUT2D eigenvalue weighted by Gasteiger charge is 2.64. The quantitative estimate of drug-likeness (QED) is 0.151. The van der Waals surface area contributed by atoms with Crippen LogP contribution < -0.4 is 25.2 Å². The van der Waals surface area contributed by atoms with Crippen molar-refractivity contribution in [3.05, 3.63) is 89.0 Å². The Balaban J connectivity index is 0.770. The van der Waals surface area contributed by atoms with Crippen molar-refractivity contribution in [3.63, 3.8) is 0 Å². The molecular formula is C47H51ClFN9O4. The number of amides is 4. The van der Waals surface area contributed by atoms with E-state index in [1.165, 1.54) is 6.07 Å². The van der Waals surface area contributed by atoms with Crippen molar-refractivity contribution in [2.24, 2.45) is 16.7 Å². The number of ether oxygens (including phenoxy) is 1. The molecule has 322 valence electrons. The number of imide groups is 1. The van der Waals surface area contributed by atoms with Crippen LogP contribution in [0.5, 0.6) is 5.75 Å². The second-order valence-electron chi connectivity index (χ2n) is 18.5. The molecule has 4 amide bonds. The molecule has 4 aliphatic rings. The van der Waals surface area contributed by atoms with Gasteiger partial charge < -0.3 is 19.9 Å². The zero-order chi connectivity index (χ0) is 43.5. The van der Waals surface area contributed by atoms with Crippen LogP contribution in [0.15, 0.2) is 67.0 Å². The number of anilines is 2. The van der Waals surface area contributed by atoms with E-state index in [2.05, 4.69) is 59.2 Å². The minimum absolute atomic E-state index is 0.193. The van der Waals surface area contributed by atoms with Gasteiger partial charge in [-0.15, -0.1) is 0 Å². The second-order valence-corrected chi connectivity index (χ2v) is 18.9. The van der Waals surface area contributed by atoms with Gasteiger partial charge in [0.1, 0.15) is 23.7 Å². The van der Waals surface area contributed by atoms with Gasteiger partial charge in [0.15, 0.2) is 0 Å². The molecule has 2 aromatic heterocycles. The average Bonchev–Trinajstić information content (AvgIpc) is 3.68. The van der Waals surface area contributed by atoms with E-state index in [0.29, 0.717) is 45.7 Å². The van der Waals surface area contributed by atoms with Gasteiger partial charge in [-0.05, 0) is 86.2 Å². The second kappa shape index (κ2) is 16.2. The smallest absolute Gasteiger partial charge is 0.328 e. The van der Waals surface area contributed by atoms with Crippen molar-refractivity contribution in [3.8, 4) is 11.8 Å². The van der Waals surface area contributed by atoms with Gasteiger partial charge in [0.2, 0.25) is 5.91 Å². The van der Waals surface area contributed by atoms with Crippen molar-refractivity contribution >= 4 is 62.6 Å². The molecule has 1 saturated carbocycles. The minimum atomic E-state index is -0.451. The standard InChI is InChI=1S/C47H51ClFN9O4/c1-46(2)43(47(3,4)44(46)62-39-10-8-30(25-50)41-33(39)6-5-16-51-41)54-42(60)29-7-9-36(35(49)22-29)56-19-11-28(12-20-56)27-55-17-13-32(14-18-55)58-38-24-31(48)23-37(34(38)26-52-58)57-21-15-40(59)53-45(57)61/h5-10,16,22-24,26,28,32,43-44H,11-15,17-21,27H2,1-4H3,(H,54,60)(H,53,59,61). The topological polar surface area (TPSA) is 149 Å². The maximum atomic E-state index is 15.8. The first-order valence-electron chi connectivity index (χ1n) is 21.5. The zero-order valence-electron chi connectivity index (χ0n) is 35.5. The summed E-state index contributed by atoms with van der Waals surface area (Å²) in [5, 5.41) is 22.0. The van der Waals surface area contributed by atoms with Gasteiger partial charge in [-0.25, -0.2) is 9.18 Å². The number of benzene rings is 3. The minimum Gasteiger partial charge on any atom is -0.488 e. The summed E-state index contributed by atoms with van der Waals surface area (Å²) in [4.78, 5) is 48.6. The number of carbonyl (C=O) groups is 3. The fourth-order valence-electron chi connectivity index (χ4n) is 10.9. The van der Waals surface area contributed by atoms with E-state index in [-0.39, 0.29) is 42.0 Å². The molecule has 1 aliphatic carbocycles. The first-order chi connectivity index (χ1) is 29.7. The highest BCUT2D eigenvalue weighted by atomic mass is 35.5. The normalized spacial score (nSPS) is 22.0. The summed E-state index contributed by atoms with van der Waals surface area (Å²) >= 11 is 6.55. The van der Waals surface area contributed by atoms with Gasteiger partial charge in [-0.1, -0.05) is 39.3 Å². The van der Waals surface area contributed by atoms with Crippen molar-refractivity contribution in [2.45, 2.75) is 78.0 Å². The van der Waals surface area contributed by atoms with Crippen LogP contribution in [0.1, 0.15) is 81.8 Å². The lowest BCUT2D eigenvalue weighted by Gasteiger charge is -2.63. The van der Waals surface area contributed by atoms with E-state index in [9.17, 15) is 19.6 Å². The molecular weight excluding hydrogens is 809 g/mol. The van der Waals surface area contributed by atoms with Gasteiger partial charge in [0.25, 0.3) is 5.91 Å². The number of halogens is 2. The molecule has 4 fully saturated rings. The number of urea groups is 1. The fourth-order valence-corrected chi connectivity index (χ4v) is 11.1. The molecule has 0 unspecified atom stereocenters. The maximum absolute atomic E-state index is 15.8. The van der Waals surface area contributed by atoms with Crippen LogP contribution in [0.3, 0.4) is 0 Å². The van der Waals surface area contributed by atoms with Crippen LogP contribution in [-0.2, 0) is 4.79 Å². The number of pyridine rings is 1. The highest BCUT2D eigenvalue weighted by molar-refractivity contribution is 6.32. The lowest BCUT2D eigenvalue weighted by atomic mass is 9.49. The fraction of sp³-hybridized carbons (Fsp3) is 0.447. The van der Waals surface area contributed by atoms with E-state index in [4.69, 9.17) is 21.4 Å². The van der Waals surface area contributed by atoms with Crippen LogP contribution in [0.25, 0.3) is 21.8 Å². The van der Waals surface area contributed by atoms with E-state index < -0.39 is 22.7 Å². The van der Waals surface area contributed by atoms with Crippen molar-refractivity contribution in [1.82, 2.24) is 30.3 Å². The maximum Gasteiger partial charge on any atom is 0.328 e. The number of fused-ring (bicyclic) bond motifs is 2. The first-order valence-corrected chi connectivity index (χ1v) is 21.9. The van der Waals surface area contributed by atoms with Crippen molar-refractivity contribution in [2.75, 3.05) is 49.1 Å². The van der Waals surface area contributed by atoms with E-state index >= 15 is 4.39 Å². The number of nitriles is 1. The van der Waals surface area contributed by atoms with Gasteiger partial charge in [-0.2, -0.15) is 10.4 Å². The van der Waals surface area contributed by atoms with Crippen molar-refractivity contribution in [1.29, 1.82) is 5.26 Å². The Labute approximate surface area is 365 Å². The molecule has 0 radical (unpaired) electrons. The molecule has 9 rings (SSSR count). The molecule has 5 aromatic rings. The predicted octanol–water partition coefficient (Wildman–Crippen LogP) is 7.86. The third-order valence-electron chi connectivity index (χ3n) is 13.8. The van der Waals surface area contributed by atoms with Crippen LogP contribution >= 0.6 is 11.6 Å². The number of piperidine rings is 2. The SMILES string of the molecule is CC1(C)C(NC(=O)c2ccc(N3CCC(CN4CCC(n5ncc6c(N7CCC(=O)NC7=O)cc(Cl)cc65)CC4)CC3)c(F)c2)C(C)(C)C1Oc1ccc(C#N)c2ncccc12. The Morgan fingerprint density at radius 3 is 2.44 bits per heavy atom. The molecule has 0 spiro atoms. The number of likely N-dealkylation sites (tertiary alicyclic amines) is 1. The number of hydrogen-bond donors (Lipinski definition) is 2. The van der Waals surface area contributed by atoms with E-state index in [1.54, 1.807) is 41.6 Å².